The standard InChI is InChI=1S/C23H30O5/c1-13(25)23(28-14(2)26)9-7-21-20-10-15(12-24)19-11-16(27)4-5-17(19)18(20)6-8-22(21,23)3/h10-11,17-18,20-21,24H,4-9,12H2,1-3H3/t17?,18?,20?,21?,22?,23-/m0/s1. The third-order valence-corrected chi connectivity index (χ3v) is 8.26. The van der Waals surface area contributed by atoms with Crippen molar-refractivity contribution in [1.82, 2.24) is 0 Å². The number of Topliss-reactive ketones (excluding diaryl/α,β-unsaturated/α-hetero) is 1. The molecule has 0 aromatic carbocycles. The van der Waals surface area contributed by atoms with Crippen molar-refractivity contribution < 1.29 is 24.2 Å². The molecule has 28 heavy (non-hydrogen) atoms. The third-order valence-electron chi connectivity index (χ3n) is 8.26. The second-order valence-corrected chi connectivity index (χ2v) is 9.38. The Labute approximate surface area is 166 Å². The van der Waals surface area contributed by atoms with Crippen LogP contribution in [0.2, 0.25) is 0 Å². The molecule has 1 N–H and O–H groups in total. The van der Waals surface area contributed by atoms with Gasteiger partial charge in [-0.2, -0.15) is 0 Å². The van der Waals surface area contributed by atoms with E-state index in [1.54, 1.807) is 13.0 Å². The van der Waals surface area contributed by atoms with E-state index in [0.29, 0.717) is 24.7 Å². The maximum absolute atomic E-state index is 12.7. The predicted molar refractivity (Wildman–Crippen MR) is 103 cm³/mol. The normalized spacial score (nSPS) is 41.9. The van der Waals surface area contributed by atoms with E-state index in [4.69, 9.17) is 4.74 Å². The molecule has 0 aliphatic heterocycles. The van der Waals surface area contributed by atoms with Crippen molar-refractivity contribution in [2.45, 2.75) is 64.9 Å². The van der Waals surface area contributed by atoms with Crippen LogP contribution in [-0.2, 0) is 19.1 Å². The van der Waals surface area contributed by atoms with Gasteiger partial charge in [0.2, 0.25) is 0 Å². The zero-order chi connectivity index (χ0) is 20.3. The van der Waals surface area contributed by atoms with Gasteiger partial charge in [-0.05, 0) is 79.9 Å². The predicted octanol–water partition coefficient (Wildman–Crippen LogP) is 3.16. The highest BCUT2D eigenvalue weighted by Gasteiger charge is 2.66. The number of esters is 1. The SMILES string of the molecule is CC(=O)O[C@]1(C(C)=O)CCC2C3C=C(CO)C4=CC(=O)CCC4C3CCC21C. The van der Waals surface area contributed by atoms with E-state index in [0.717, 1.165) is 36.8 Å². The van der Waals surface area contributed by atoms with Gasteiger partial charge in [0, 0.05) is 18.8 Å². The number of rotatable bonds is 3. The highest BCUT2D eigenvalue weighted by atomic mass is 16.6. The van der Waals surface area contributed by atoms with Gasteiger partial charge in [-0.1, -0.05) is 13.0 Å². The van der Waals surface area contributed by atoms with Crippen LogP contribution in [0.1, 0.15) is 59.3 Å². The van der Waals surface area contributed by atoms with Crippen molar-refractivity contribution in [2.24, 2.45) is 29.1 Å². The summed E-state index contributed by atoms with van der Waals surface area (Å²) in [6.45, 7) is 4.98. The Kier molecular flexibility index (Phi) is 4.65. The van der Waals surface area contributed by atoms with Crippen molar-refractivity contribution in [2.75, 3.05) is 6.61 Å². The molecule has 4 aliphatic carbocycles. The number of ether oxygens (including phenoxy) is 1. The first kappa shape index (κ1) is 19.6. The van der Waals surface area contributed by atoms with E-state index >= 15 is 0 Å². The Morgan fingerprint density at radius 3 is 2.61 bits per heavy atom. The largest absolute Gasteiger partial charge is 0.451 e. The molecule has 2 fully saturated rings. The van der Waals surface area contributed by atoms with Gasteiger partial charge >= 0.3 is 5.97 Å². The van der Waals surface area contributed by atoms with Crippen LogP contribution in [0.3, 0.4) is 0 Å². The lowest BCUT2D eigenvalue weighted by molar-refractivity contribution is -0.184. The summed E-state index contributed by atoms with van der Waals surface area (Å²) in [5.74, 6) is 0.898. The topological polar surface area (TPSA) is 80.7 Å². The summed E-state index contributed by atoms with van der Waals surface area (Å²) in [5.41, 5.74) is 0.463. The Morgan fingerprint density at radius 1 is 1.21 bits per heavy atom. The van der Waals surface area contributed by atoms with Gasteiger partial charge in [0.1, 0.15) is 0 Å². The van der Waals surface area contributed by atoms with E-state index in [1.165, 1.54) is 6.92 Å². The third kappa shape index (κ3) is 2.58. The number of fused-ring (bicyclic) bond motifs is 5. The second-order valence-electron chi connectivity index (χ2n) is 9.38. The summed E-state index contributed by atoms with van der Waals surface area (Å²) < 4.78 is 5.77. The Bertz CT molecular complexity index is 793. The van der Waals surface area contributed by atoms with Crippen molar-refractivity contribution in [3.8, 4) is 0 Å². The monoisotopic (exact) mass is 386 g/mol. The smallest absolute Gasteiger partial charge is 0.303 e. The van der Waals surface area contributed by atoms with Crippen molar-refractivity contribution in [1.29, 1.82) is 0 Å². The summed E-state index contributed by atoms with van der Waals surface area (Å²) in [5, 5.41) is 9.98. The van der Waals surface area contributed by atoms with Crippen LogP contribution in [0, 0.1) is 29.1 Å². The van der Waals surface area contributed by atoms with Crippen LogP contribution in [-0.4, -0.2) is 34.9 Å². The highest BCUT2D eigenvalue weighted by molar-refractivity contribution is 5.92. The van der Waals surface area contributed by atoms with Gasteiger partial charge in [-0.15, -0.1) is 0 Å². The summed E-state index contributed by atoms with van der Waals surface area (Å²) in [7, 11) is 0. The molecule has 0 bridgehead atoms. The van der Waals surface area contributed by atoms with Crippen LogP contribution in [0.25, 0.3) is 0 Å². The molecule has 5 heteroatoms. The molecule has 6 atom stereocenters. The summed E-state index contributed by atoms with van der Waals surface area (Å²) >= 11 is 0. The molecule has 0 radical (unpaired) electrons. The van der Waals surface area contributed by atoms with Gasteiger partial charge in [0.15, 0.2) is 17.2 Å². The number of hydrogen-bond acceptors (Lipinski definition) is 5. The molecule has 0 amide bonds. The van der Waals surface area contributed by atoms with E-state index in [2.05, 4.69) is 13.0 Å². The Morgan fingerprint density at radius 2 is 1.96 bits per heavy atom. The fourth-order valence-electron chi connectivity index (χ4n) is 7.05. The summed E-state index contributed by atoms with van der Waals surface area (Å²) in [6, 6.07) is 0. The van der Waals surface area contributed by atoms with Crippen molar-refractivity contribution in [3.05, 3.63) is 23.3 Å². The molecule has 0 aromatic heterocycles. The van der Waals surface area contributed by atoms with Crippen LogP contribution in [0.5, 0.6) is 0 Å². The average molecular weight is 386 g/mol. The fourth-order valence-corrected chi connectivity index (χ4v) is 7.05. The molecule has 0 saturated heterocycles. The van der Waals surface area contributed by atoms with Crippen LogP contribution in [0.4, 0.5) is 0 Å². The van der Waals surface area contributed by atoms with E-state index in [1.807, 2.05) is 0 Å². The van der Waals surface area contributed by atoms with E-state index in [9.17, 15) is 19.5 Å². The van der Waals surface area contributed by atoms with Crippen LogP contribution < -0.4 is 0 Å². The number of carbonyl (C=O) groups is 3. The zero-order valence-electron chi connectivity index (χ0n) is 17.0. The van der Waals surface area contributed by atoms with Gasteiger partial charge in [-0.3, -0.25) is 14.4 Å². The van der Waals surface area contributed by atoms with E-state index in [-0.39, 0.29) is 30.0 Å². The van der Waals surface area contributed by atoms with Gasteiger partial charge in [-0.25, -0.2) is 0 Å². The molecule has 0 spiro atoms. The van der Waals surface area contributed by atoms with Gasteiger partial charge in [0.25, 0.3) is 0 Å². The number of aliphatic hydroxyl groups is 1. The van der Waals surface area contributed by atoms with Gasteiger partial charge < -0.3 is 9.84 Å². The quantitative estimate of drug-likeness (QED) is 0.754. The summed E-state index contributed by atoms with van der Waals surface area (Å²) in [4.78, 5) is 36.6. The minimum absolute atomic E-state index is 0.0582. The molecule has 5 unspecified atom stereocenters. The minimum atomic E-state index is -1.04. The maximum Gasteiger partial charge on any atom is 0.303 e. The molecule has 4 aliphatic rings. The number of ketones is 2. The van der Waals surface area contributed by atoms with E-state index < -0.39 is 17.0 Å². The van der Waals surface area contributed by atoms with Gasteiger partial charge in [0.05, 0.1) is 6.61 Å². The number of aliphatic hydroxyl groups excluding tert-OH is 1. The molecular formula is C23H30O5. The Hall–Kier alpha value is -1.75. The molecular weight excluding hydrogens is 356 g/mol. The Balaban J connectivity index is 1.77. The second kappa shape index (κ2) is 6.65. The zero-order valence-corrected chi connectivity index (χ0v) is 17.0. The van der Waals surface area contributed by atoms with Crippen LogP contribution >= 0.6 is 0 Å². The first-order valence-corrected chi connectivity index (χ1v) is 10.5. The molecule has 0 heterocycles. The first-order chi connectivity index (χ1) is 13.2. The summed E-state index contributed by atoms with van der Waals surface area (Å²) in [6.07, 6.45) is 8.51. The number of carbonyl (C=O) groups excluding carboxylic acids is 3. The first-order valence-electron chi connectivity index (χ1n) is 10.5. The lowest BCUT2D eigenvalue weighted by Crippen LogP contribution is -2.57. The fraction of sp³-hybridized carbons (Fsp3) is 0.696. The molecule has 4 rings (SSSR count). The molecule has 152 valence electrons. The molecule has 2 saturated carbocycles. The highest BCUT2D eigenvalue weighted by Crippen LogP contribution is 2.65. The molecule has 0 aromatic rings. The van der Waals surface area contributed by atoms with Crippen molar-refractivity contribution >= 4 is 17.5 Å². The number of allylic oxidation sites excluding steroid dienone is 2. The average Bonchev–Trinajstić information content (AvgIpc) is 2.94. The lowest BCUT2D eigenvalue weighted by Gasteiger charge is -2.54. The maximum atomic E-state index is 12.7. The van der Waals surface area contributed by atoms with Crippen LogP contribution in [0.15, 0.2) is 23.3 Å². The van der Waals surface area contributed by atoms with Crippen molar-refractivity contribution in [3.63, 3.8) is 0 Å². The molecule has 5 nitrogen and oxygen atoms in total. The minimum Gasteiger partial charge on any atom is -0.451 e. The number of hydrogen-bond donors (Lipinski definition) is 1. The lowest BCUT2D eigenvalue weighted by atomic mass is 9.51.